The molecule has 2 unspecified atom stereocenters. The molecule has 19 heavy (non-hydrogen) atoms. The molecule has 0 aromatic carbocycles. The van der Waals surface area contributed by atoms with Crippen LogP contribution in [0.3, 0.4) is 0 Å². The molecule has 1 N–H and O–H groups in total. The average Bonchev–Trinajstić information content (AvgIpc) is 2.88. The van der Waals surface area contributed by atoms with Crippen LogP contribution in [0.4, 0.5) is 0 Å². The second-order valence-corrected chi connectivity index (χ2v) is 6.09. The van der Waals surface area contributed by atoms with Crippen LogP contribution in [-0.4, -0.2) is 60.0 Å². The number of hydrogen-bond acceptors (Lipinski definition) is 3. The summed E-state index contributed by atoms with van der Waals surface area (Å²) < 4.78 is 0. The molecular formula is C15H29N3O. The summed E-state index contributed by atoms with van der Waals surface area (Å²) in [6.45, 7) is 11.5. The van der Waals surface area contributed by atoms with Gasteiger partial charge in [-0.3, -0.25) is 9.69 Å². The van der Waals surface area contributed by atoms with Crippen molar-refractivity contribution in [1.29, 1.82) is 0 Å². The molecule has 0 saturated carbocycles. The lowest BCUT2D eigenvalue weighted by Crippen LogP contribution is -2.61. The topological polar surface area (TPSA) is 35.6 Å². The molecule has 0 spiro atoms. The van der Waals surface area contributed by atoms with Crippen molar-refractivity contribution in [2.75, 3.05) is 32.7 Å². The van der Waals surface area contributed by atoms with Gasteiger partial charge in [0.15, 0.2) is 0 Å². The fourth-order valence-corrected chi connectivity index (χ4v) is 3.69. The number of nitrogens with zero attached hydrogens (tertiary/aromatic N) is 2. The Morgan fingerprint density at radius 3 is 2.68 bits per heavy atom. The second-order valence-electron chi connectivity index (χ2n) is 6.09. The van der Waals surface area contributed by atoms with Gasteiger partial charge in [-0.05, 0) is 39.3 Å². The zero-order valence-corrected chi connectivity index (χ0v) is 12.7. The maximum atomic E-state index is 12.9. The summed E-state index contributed by atoms with van der Waals surface area (Å²) in [5.41, 5.74) is -0.247. The average molecular weight is 267 g/mol. The van der Waals surface area contributed by atoms with Gasteiger partial charge in [0.1, 0.15) is 0 Å². The summed E-state index contributed by atoms with van der Waals surface area (Å²) in [6, 6.07) is 0.489. The maximum absolute atomic E-state index is 12.9. The Morgan fingerprint density at radius 1 is 1.37 bits per heavy atom. The van der Waals surface area contributed by atoms with E-state index in [0.29, 0.717) is 11.9 Å². The number of carbonyl (C=O) groups excluding carboxylic acids is 1. The lowest BCUT2D eigenvalue weighted by atomic mass is 9.89. The summed E-state index contributed by atoms with van der Waals surface area (Å²) in [4.78, 5) is 17.5. The molecule has 2 atom stereocenters. The van der Waals surface area contributed by atoms with Crippen LogP contribution in [0, 0.1) is 0 Å². The third-order valence-corrected chi connectivity index (χ3v) is 4.79. The van der Waals surface area contributed by atoms with Crippen molar-refractivity contribution >= 4 is 5.91 Å². The molecule has 1 amide bonds. The number of rotatable bonds is 4. The Hall–Kier alpha value is -0.610. The molecular weight excluding hydrogens is 238 g/mol. The van der Waals surface area contributed by atoms with E-state index in [2.05, 4.69) is 35.9 Å². The molecule has 2 aliphatic heterocycles. The Bertz CT molecular complexity index is 313. The summed E-state index contributed by atoms with van der Waals surface area (Å²) >= 11 is 0. The van der Waals surface area contributed by atoms with Gasteiger partial charge >= 0.3 is 0 Å². The molecule has 2 saturated heterocycles. The second kappa shape index (κ2) is 6.23. The zero-order valence-electron chi connectivity index (χ0n) is 12.7. The van der Waals surface area contributed by atoms with E-state index in [1.807, 2.05) is 0 Å². The van der Waals surface area contributed by atoms with Crippen LogP contribution in [0.5, 0.6) is 0 Å². The molecule has 2 heterocycles. The van der Waals surface area contributed by atoms with Gasteiger partial charge in [-0.1, -0.05) is 20.3 Å². The van der Waals surface area contributed by atoms with Gasteiger partial charge in [0.05, 0.1) is 5.54 Å². The van der Waals surface area contributed by atoms with Crippen molar-refractivity contribution in [1.82, 2.24) is 15.1 Å². The van der Waals surface area contributed by atoms with Crippen molar-refractivity contribution in [3.05, 3.63) is 0 Å². The van der Waals surface area contributed by atoms with E-state index in [1.54, 1.807) is 0 Å². The minimum Gasteiger partial charge on any atom is -0.338 e. The molecule has 0 bridgehead atoms. The lowest BCUT2D eigenvalue weighted by molar-refractivity contribution is -0.141. The van der Waals surface area contributed by atoms with Crippen molar-refractivity contribution in [3.63, 3.8) is 0 Å². The first-order valence-corrected chi connectivity index (χ1v) is 7.91. The number of likely N-dealkylation sites (N-methyl/N-ethyl adjacent to an activating group) is 1. The molecule has 2 aliphatic rings. The Morgan fingerprint density at radius 2 is 2.16 bits per heavy atom. The predicted octanol–water partition coefficient (Wildman–Crippen LogP) is 1.46. The first-order chi connectivity index (χ1) is 9.13. The van der Waals surface area contributed by atoms with E-state index >= 15 is 0 Å². The molecule has 4 heteroatoms. The van der Waals surface area contributed by atoms with E-state index in [4.69, 9.17) is 0 Å². The normalized spacial score (nSPS) is 32.8. The molecule has 0 aromatic rings. The van der Waals surface area contributed by atoms with E-state index in [9.17, 15) is 4.79 Å². The standard InChI is InChI=1S/C15H29N3O/c1-4-7-15(8-6-9-16-15)14(19)18-11-10-17(5-2)13(3)12-18/h13,16H,4-12H2,1-3H3. The van der Waals surface area contributed by atoms with Crippen LogP contribution in [0.2, 0.25) is 0 Å². The van der Waals surface area contributed by atoms with Gasteiger partial charge in [-0.15, -0.1) is 0 Å². The van der Waals surface area contributed by atoms with Crippen LogP contribution < -0.4 is 5.32 Å². The molecule has 0 radical (unpaired) electrons. The van der Waals surface area contributed by atoms with Crippen LogP contribution >= 0.6 is 0 Å². The van der Waals surface area contributed by atoms with Gasteiger partial charge in [-0.2, -0.15) is 0 Å². The van der Waals surface area contributed by atoms with Gasteiger partial charge in [0, 0.05) is 25.7 Å². The summed E-state index contributed by atoms with van der Waals surface area (Å²) in [5, 5.41) is 3.50. The highest BCUT2D eigenvalue weighted by Crippen LogP contribution is 2.28. The fourth-order valence-electron chi connectivity index (χ4n) is 3.69. The number of hydrogen-bond donors (Lipinski definition) is 1. The minimum atomic E-state index is -0.247. The summed E-state index contributed by atoms with van der Waals surface area (Å²) in [6.07, 6.45) is 4.20. The quantitative estimate of drug-likeness (QED) is 0.837. The lowest BCUT2D eigenvalue weighted by Gasteiger charge is -2.43. The maximum Gasteiger partial charge on any atom is 0.242 e. The largest absolute Gasteiger partial charge is 0.338 e. The summed E-state index contributed by atoms with van der Waals surface area (Å²) in [7, 11) is 0. The van der Waals surface area contributed by atoms with Gasteiger partial charge in [0.25, 0.3) is 0 Å². The van der Waals surface area contributed by atoms with Crippen LogP contribution in [-0.2, 0) is 4.79 Å². The number of carbonyl (C=O) groups is 1. The third kappa shape index (κ3) is 2.95. The molecule has 2 fully saturated rings. The van der Waals surface area contributed by atoms with Crippen molar-refractivity contribution in [2.24, 2.45) is 0 Å². The van der Waals surface area contributed by atoms with E-state index in [1.165, 1.54) is 0 Å². The van der Waals surface area contributed by atoms with Crippen LogP contribution in [0.25, 0.3) is 0 Å². The Labute approximate surface area is 117 Å². The summed E-state index contributed by atoms with van der Waals surface area (Å²) in [5.74, 6) is 0.356. The molecule has 110 valence electrons. The highest BCUT2D eigenvalue weighted by molar-refractivity contribution is 5.87. The van der Waals surface area contributed by atoms with Gasteiger partial charge in [0.2, 0.25) is 5.91 Å². The number of piperazine rings is 1. The Kier molecular flexibility index (Phi) is 4.85. The molecule has 0 aromatic heterocycles. The first kappa shape index (κ1) is 14.8. The minimum absolute atomic E-state index is 0.247. The third-order valence-electron chi connectivity index (χ3n) is 4.79. The van der Waals surface area contributed by atoms with E-state index in [0.717, 1.165) is 58.4 Å². The van der Waals surface area contributed by atoms with Gasteiger partial charge < -0.3 is 10.2 Å². The monoisotopic (exact) mass is 267 g/mol. The number of amides is 1. The van der Waals surface area contributed by atoms with E-state index < -0.39 is 0 Å². The fraction of sp³-hybridized carbons (Fsp3) is 0.933. The molecule has 2 rings (SSSR count). The molecule has 0 aliphatic carbocycles. The van der Waals surface area contributed by atoms with Crippen LogP contribution in [0.15, 0.2) is 0 Å². The predicted molar refractivity (Wildman–Crippen MR) is 78.2 cm³/mol. The van der Waals surface area contributed by atoms with Crippen molar-refractivity contribution < 1.29 is 4.79 Å². The molecule has 4 nitrogen and oxygen atoms in total. The number of nitrogens with one attached hydrogen (secondary N) is 1. The van der Waals surface area contributed by atoms with Crippen molar-refractivity contribution in [2.45, 2.75) is 58.0 Å². The SMILES string of the molecule is CCCC1(C(=O)N2CCN(CC)C(C)C2)CCCN1. The Balaban J connectivity index is 2.02. The van der Waals surface area contributed by atoms with Gasteiger partial charge in [-0.25, -0.2) is 0 Å². The van der Waals surface area contributed by atoms with Crippen molar-refractivity contribution in [3.8, 4) is 0 Å². The first-order valence-electron chi connectivity index (χ1n) is 7.91. The van der Waals surface area contributed by atoms with Crippen LogP contribution in [0.1, 0.15) is 46.5 Å². The highest BCUT2D eigenvalue weighted by atomic mass is 16.2. The van der Waals surface area contributed by atoms with E-state index in [-0.39, 0.29) is 5.54 Å². The smallest absolute Gasteiger partial charge is 0.242 e. The zero-order chi connectivity index (χ0) is 13.9. The highest BCUT2D eigenvalue weighted by Gasteiger charge is 2.43.